The van der Waals surface area contributed by atoms with Crippen molar-refractivity contribution in [3.05, 3.63) is 47.3 Å². The van der Waals surface area contributed by atoms with Crippen molar-refractivity contribution in [2.45, 2.75) is 46.1 Å². The van der Waals surface area contributed by atoms with Crippen molar-refractivity contribution in [3.8, 4) is 0 Å². The number of carboxylic acids is 1. The van der Waals surface area contributed by atoms with Crippen LogP contribution in [0.3, 0.4) is 0 Å². The molecule has 2 atom stereocenters. The molecule has 0 aliphatic carbocycles. The Labute approximate surface area is 126 Å². The van der Waals surface area contributed by atoms with Crippen molar-refractivity contribution in [3.63, 3.8) is 0 Å². The van der Waals surface area contributed by atoms with Gasteiger partial charge in [0.15, 0.2) is 0 Å². The zero-order valence-electron chi connectivity index (χ0n) is 13.0. The van der Waals surface area contributed by atoms with Crippen molar-refractivity contribution in [2.75, 3.05) is 0 Å². The second-order valence-corrected chi connectivity index (χ2v) is 5.55. The topological polar surface area (TPSA) is 52.6 Å². The van der Waals surface area contributed by atoms with E-state index in [9.17, 15) is 4.79 Å². The fourth-order valence-electron chi connectivity index (χ4n) is 2.83. The molecular formula is C17H24N2O2. The SMILES string of the molecule is CC/C=C(/C1=CC=CN2NC(CC)C=C12)C(C)CC(=O)O. The molecule has 2 aliphatic rings. The standard InChI is InChI=1S/C17H24N2O2/c1-4-7-14(12(3)10-17(20)21)15-8-6-9-19-16(15)11-13(5-2)18-19/h6-9,11-13,18H,4-5,10H2,1-3H3,(H,20,21)/b14-7+. The van der Waals surface area contributed by atoms with Crippen LogP contribution in [0.15, 0.2) is 47.3 Å². The van der Waals surface area contributed by atoms with Crippen molar-refractivity contribution in [2.24, 2.45) is 5.92 Å². The Balaban J connectivity index is 2.31. The van der Waals surface area contributed by atoms with E-state index >= 15 is 0 Å². The fourth-order valence-corrected chi connectivity index (χ4v) is 2.83. The molecule has 0 radical (unpaired) electrons. The highest BCUT2D eigenvalue weighted by Gasteiger charge is 2.28. The van der Waals surface area contributed by atoms with E-state index in [0.717, 1.165) is 29.7 Å². The summed E-state index contributed by atoms with van der Waals surface area (Å²) in [6.07, 6.45) is 12.6. The summed E-state index contributed by atoms with van der Waals surface area (Å²) in [5, 5.41) is 11.1. The van der Waals surface area contributed by atoms with E-state index < -0.39 is 5.97 Å². The Morgan fingerprint density at radius 1 is 1.52 bits per heavy atom. The number of hydrogen-bond acceptors (Lipinski definition) is 3. The van der Waals surface area contributed by atoms with E-state index in [-0.39, 0.29) is 12.3 Å². The lowest BCUT2D eigenvalue weighted by atomic mass is 9.87. The van der Waals surface area contributed by atoms with Crippen molar-refractivity contribution in [1.82, 2.24) is 10.4 Å². The van der Waals surface area contributed by atoms with Crippen LogP contribution in [0.1, 0.15) is 40.0 Å². The highest BCUT2D eigenvalue weighted by molar-refractivity contribution is 5.68. The molecule has 0 amide bonds. The fraction of sp³-hybridized carbons (Fsp3) is 0.471. The number of nitrogens with zero attached hydrogens (tertiary/aromatic N) is 1. The minimum absolute atomic E-state index is 0.00336. The first-order chi connectivity index (χ1) is 10.1. The van der Waals surface area contributed by atoms with E-state index in [1.54, 1.807) is 0 Å². The third-order valence-corrected chi connectivity index (χ3v) is 3.88. The van der Waals surface area contributed by atoms with Gasteiger partial charge in [-0.05, 0) is 36.5 Å². The molecule has 0 bridgehead atoms. The number of rotatable bonds is 6. The second kappa shape index (κ2) is 6.76. The summed E-state index contributed by atoms with van der Waals surface area (Å²) < 4.78 is 0. The molecule has 2 aliphatic heterocycles. The van der Waals surface area contributed by atoms with Gasteiger partial charge in [0.1, 0.15) is 0 Å². The number of allylic oxidation sites excluding steroid dienone is 4. The normalized spacial score (nSPS) is 22.7. The Morgan fingerprint density at radius 3 is 2.90 bits per heavy atom. The number of fused-ring (bicyclic) bond motifs is 1. The molecule has 0 spiro atoms. The molecule has 4 heteroatoms. The van der Waals surface area contributed by atoms with Gasteiger partial charge >= 0.3 is 5.97 Å². The zero-order chi connectivity index (χ0) is 15.4. The molecule has 0 aromatic rings. The van der Waals surface area contributed by atoms with Crippen LogP contribution in [-0.2, 0) is 4.79 Å². The highest BCUT2D eigenvalue weighted by Crippen LogP contribution is 2.34. The van der Waals surface area contributed by atoms with Gasteiger partial charge in [-0.3, -0.25) is 9.80 Å². The first kappa shape index (κ1) is 15.6. The van der Waals surface area contributed by atoms with Crippen LogP contribution in [0.25, 0.3) is 0 Å². The van der Waals surface area contributed by atoms with Gasteiger partial charge in [0.2, 0.25) is 0 Å². The van der Waals surface area contributed by atoms with Gasteiger partial charge in [0.25, 0.3) is 0 Å². The van der Waals surface area contributed by atoms with E-state index in [2.05, 4.69) is 37.5 Å². The molecule has 21 heavy (non-hydrogen) atoms. The van der Waals surface area contributed by atoms with Crippen LogP contribution in [-0.4, -0.2) is 22.1 Å². The van der Waals surface area contributed by atoms with E-state index in [0.29, 0.717) is 6.04 Å². The Kier molecular flexibility index (Phi) is 5.02. The predicted octanol–water partition coefficient (Wildman–Crippen LogP) is 3.37. The summed E-state index contributed by atoms with van der Waals surface area (Å²) in [5.41, 5.74) is 6.82. The van der Waals surface area contributed by atoms with Gasteiger partial charge in [-0.1, -0.05) is 32.9 Å². The lowest BCUT2D eigenvalue weighted by Crippen LogP contribution is -2.34. The van der Waals surface area contributed by atoms with E-state index in [1.165, 1.54) is 0 Å². The van der Waals surface area contributed by atoms with E-state index in [4.69, 9.17) is 5.11 Å². The monoisotopic (exact) mass is 288 g/mol. The predicted molar refractivity (Wildman–Crippen MR) is 84.2 cm³/mol. The van der Waals surface area contributed by atoms with Gasteiger partial charge in [-0.2, -0.15) is 0 Å². The largest absolute Gasteiger partial charge is 0.481 e. The first-order valence-corrected chi connectivity index (χ1v) is 7.65. The van der Waals surface area contributed by atoms with Crippen molar-refractivity contribution in [1.29, 1.82) is 0 Å². The molecular weight excluding hydrogens is 264 g/mol. The number of hydrogen-bond donors (Lipinski definition) is 2. The highest BCUT2D eigenvalue weighted by atomic mass is 16.4. The number of hydrazine groups is 1. The van der Waals surface area contributed by atoms with Gasteiger partial charge < -0.3 is 5.11 Å². The molecule has 0 aromatic carbocycles. The molecule has 4 nitrogen and oxygen atoms in total. The summed E-state index contributed by atoms with van der Waals surface area (Å²) in [7, 11) is 0. The molecule has 0 saturated heterocycles. The Bertz CT molecular complexity index is 529. The molecule has 114 valence electrons. The van der Waals surface area contributed by atoms with Gasteiger partial charge in [-0.15, -0.1) is 0 Å². The molecule has 2 N–H and O–H groups in total. The van der Waals surface area contributed by atoms with Crippen molar-refractivity contribution < 1.29 is 9.90 Å². The van der Waals surface area contributed by atoms with Crippen LogP contribution in [0.2, 0.25) is 0 Å². The van der Waals surface area contributed by atoms with Gasteiger partial charge in [0.05, 0.1) is 12.1 Å². The number of carboxylic acid groups (broad SMARTS) is 1. The van der Waals surface area contributed by atoms with Crippen molar-refractivity contribution >= 4 is 5.97 Å². The summed E-state index contributed by atoms with van der Waals surface area (Å²) in [4.78, 5) is 11.0. The molecule has 2 rings (SSSR count). The molecule has 0 fully saturated rings. The summed E-state index contributed by atoms with van der Waals surface area (Å²) in [6, 6.07) is 0.337. The summed E-state index contributed by atoms with van der Waals surface area (Å²) in [5.74, 6) is -0.748. The summed E-state index contributed by atoms with van der Waals surface area (Å²) >= 11 is 0. The second-order valence-electron chi connectivity index (χ2n) is 5.55. The quantitative estimate of drug-likeness (QED) is 0.787. The van der Waals surface area contributed by atoms with Crippen LogP contribution < -0.4 is 5.43 Å². The molecule has 2 heterocycles. The van der Waals surface area contributed by atoms with Crippen LogP contribution >= 0.6 is 0 Å². The van der Waals surface area contributed by atoms with E-state index in [1.807, 2.05) is 24.2 Å². The first-order valence-electron chi connectivity index (χ1n) is 7.65. The van der Waals surface area contributed by atoms with Crippen LogP contribution in [0.4, 0.5) is 0 Å². The Morgan fingerprint density at radius 2 is 2.29 bits per heavy atom. The summed E-state index contributed by atoms with van der Waals surface area (Å²) in [6.45, 7) is 6.22. The minimum atomic E-state index is -0.752. The maximum atomic E-state index is 11.0. The average Bonchev–Trinajstić information content (AvgIpc) is 2.87. The average molecular weight is 288 g/mol. The smallest absolute Gasteiger partial charge is 0.303 e. The number of aliphatic carboxylic acids is 1. The number of carbonyl (C=O) groups is 1. The molecule has 0 saturated carbocycles. The lowest BCUT2D eigenvalue weighted by Gasteiger charge is -2.27. The van der Waals surface area contributed by atoms with Gasteiger partial charge in [0, 0.05) is 17.8 Å². The maximum absolute atomic E-state index is 11.0. The number of nitrogens with one attached hydrogen (secondary N) is 1. The minimum Gasteiger partial charge on any atom is -0.481 e. The van der Waals surface area contributed by atoms with Crippen LogP contribution in [0.5, 0.6) is 0 Å². The zero-order valence-corrected chi connectivity index (χ0v) is 13.0. The maximum Gasteiger partial charge on any atom is 0.303 e. The lowest BCUT2D eigenvalue weighted by molar-refractivity contribution is -0.137. The van der Waals surface area contributed by atoms with Gasteiger partial charge in [-0.25, -0.2) is 5.43 Å². The molecule has 2 unspecified atom stereocenters. The molecule has 0 aromatic heterocycles. The van der Waals surface area contributed by atoms with Crippen LogP contribution in [0, 0.1) is 5.92 Å². The third kappa shape index (κ3) is 3.45. The third-order valence-electron chi connectivity index (χ3n) is 3.88. The Hall–Kier alpha value is -1.81.